The summed E-state index contributed by atoms with van der Waals surface area (Å²) in [4.78, 5) is 28.5. The van der Waals surface area contributed by atoms with Crippen molar-refractivity contribution < 1.29 is 23.6 Å². The number of carbonyl (C=O) groups is 2. The molecule has 0 saturated heterocycles. The van der Waals surface area contributed by atoms with Gasteiger partial charge in [0.1, 0.15) is 0 Å². The van der Waals surface area contributed by atoms with E-state index in [2.05, 4.69) is 15.5 Å². The number of benzene rings is 1. The first kappa shape index (κ1) is 17.0. The first-order chi connectivity index (χ1) is 13.2. The van der Waals surface area contributed by atoms with Gasteiger partial charge in [0.2, 0.25) is 17.5 Å². The molecule has 3 heterocycles. The van der Waals surface area contributed by atoms with Crippen molar-refractivity contribution in [2.45, 2.75) is 6.61 Å². The van der Waals surface area contributed by atoms with Crippen LogP contribution in [-0.2, 0) is 25.7 Å². The van der Waals surface area contributed by atoms with Crippen LogP contribution in [0.2, 0.25) is 0 Å². The molecular weight excluding hydrogens is 370 g/mol. The summed E-state index contributed by atoms with van der Waals surface area (Å²) in [6, 6.07) is 10.9. The largest absolute Gasteiger partial charge is 0.470 e. The Morgan fingerprint density at radius 1 is 1.26 bits per heavy atom. The molecule has 0 bridgehead atoms. The standard InChI is InChI=1S/C18H13N3O5S/c22-13-8-24-17(19-12-4-2-1-3-5-12)15(13)18(23)25-9-14-20-16(21-26-14)11-6-7-27-10-11/h1-7,10,19H,8-9H2. The highest BCUT2D eigenvalue weighted by molar-refractivity contribution is 7.08. The average Bonchev–Trinajstić information content (AvgIpc) is 3.42. The van der Waals surface area contributed by atoms with Crippen LogP contribution in [0.5, 0.6) is 0 Å². The van der Waals surface area contributed by atoms with Gasteiger partial charge in [-0.3, -0.25) is 4.79 Å². The molecule has 0 aliphatic carbocycles. The molecule has 1 N–H and O–H groups in total. The molecule has 0 spiro atoms. The van der Waals surface area contributed by atoms with Gasteiger partial charge in [0, 0.05) is 16.6 Å². The number of aromatic nitrogens is 2. The SMILES string of the molecule is O=C1COC(Nc2ccccc2)=C1C(=O)OCc1nc(-c2ccsc2)no1. The summed E-state index contributed by atoms with van der Waals surface area (Å²) in [6.07, 6.45) is 0. The first-order valence-corrected chi connectivity index (χ1v) is 8.89. The molecule has 1 aliphatic heterocycles. The van der Waals surface area contributed by atoms with Gasteiger partial charge in [-0.1, -0.05) is 23.4 Å². The fourth-order valence-electron chi connectivity index (χ4n) is 2.39. The third-order valence-electron chi connectivity index (χ3n) is 3.66. The molecule has 4 rings (SSSR count). The van der Waals surface area contributed by atoms with E-state index in [9.17, 15) is 9.59 Å². The monoisotopic (exact) mass is 383 g/mol. The number of thiophene rings is 1. The van der Waals surface area contributed by atoms with E-state index in [1.807, 2.05) is 35.0 Å². The Bertz CT molecular complexity index is 995. The zero-order valence-corrected chi connectivity index (χ0v) is 14.7. The van der Waals surface area contributed by atoms with Crippen LogP contribution in [0.3, 0.4) is 0 Å². The normalized spacial score (nSPS) is 13.6. The molecule has 1 aliphatic rings. The Balaban J connectivity index is 1.44. The van der Waals surface area contributed by atoms with E-state index < -0.39 is 11.8 Å². The van der Waals surface area contributed by atoms with Gasteiger partial charge >= 0.3 is 5.97 Å². The number of Topliss-reactive ketones (excluding diaryl/α,β-unsaturated/α-hetero) is 1. The molecule has 0 unspecified atom stereocenters. The molecule has 9 heteroatoms. The molecule has 3 aromatic rings. The molecule has 0 atom stereocenters. The predicted octanol–water partition coefficient (Wildman–Crippen LogP) is 2.76. The minimum atomic E-state index is -0.814. The Morgan fingerprint density at radius 3 is 2.89 bits per heavy atom. The van der Waals surface area contributed by atoms with Gasteiger partial charge in [0.25, 0.3) is 5.89 Å². The number of hydrogen-bond donors (Lipinski definition) is 1. The third kappa shape index (κ3) is 3.72. The van der Waals surface area contributed by atoms with Gasteiger partial charge in [-0.25, -0.2) is 4.79 Å². The summed E-state index contributed by atoms with van der Waals surface area (Å²) in [7, 11) is 0. The van der Waals surface area contributed by atoms with Crippen LogP contribution in [0.1, 0.15) is 5.89 Å². The predicted molar refractivity (Wildman–Crippen MR) is 95.5 cm³/mol. The number of nitrogens with zero attached hydrogens (tertiary/aromatic N) is 2. The summed E-state index contributed by atoms with van der Waals surface area (Å²) >= 11 is 1.51. The molecular formula is C18H13N3O5S. The summed E-state index contributed by atoms with van der Waals surface area (Å²) in [5, 5.41) is 10.5. The number of ketones is 1. The van der Waals surface area contributed by atoms with Crippen molar-refractivity contribution in [2.75, 3.05) is 11.9 Å². The van der Waals surface area contributed by atoms with E-state index in [1.165, 1.54) is 11.3 Å². The number of hydrogen-bond acceptors (Lipinski definition) is 9. The van der Waals surface area contributed by atoms with E-state index in [4.69, 9.17) is 14.0 Å². The van der Waals surface area contributed by atoms with Crippen LogP contribution in [0.25, 0.3) is 11.4 Å². The van der Waals surface area contributed by atoms with Gasteiger partial charge in [-0.2, -0.15) is 16.3 Å². The van der Waals surface area contributed by atoms with Crippen LogP contribution in [0, 0.1) is 0 Å². The molecule has 27 heavy (non-hydrogen) atoms. The number of para-hydroxylation sites is 1. The topological polar surface area (TPSA) is 104 Å². The van der Waals surface area contributed by atoms with Crippen molar-refractivity contribution in [2.24, 2.45) is 0 Å². The molecule has 2 aromatic heterocycles. The number of carbonyl (C=O) groups excluding carboxylic acids is 2. The maximum Gasteiger partial charge on any atom is 0.347 e. The lowest BCUT2D eigenvalue weighted by atomic mass is 10.2. The second-order valence-corrected chi connectivity index (χ2v) is 6.29. The molecule has 0 radical (unpaired) electrons. The lowest BCUT2D eigenvalue weighted by Gasteiger charge is -2.08. The summed E-state index contributed by atoms with van der Waals surface area (Å²) in [6.45, 7) is -0.464. The molecule has 0 fully saturated rings. The molecule has 0 saturated carbocycles. The van der Waals surface area contributed by atoms with Crippen LogP contribution in [-0.4, -0.2) is 28.5 Å². The van der Waals surface area contributed by atoms with Gasteiger partial charge in [-0.15, -0.1) is 0 Å². The number of nitrogens with one attached hydrogen (secondary N) is 1. The van der Waals surface area contributed by atoms with Crippen LogP contribution >= 0.6 is 11.3 Å². The number of ether oxygens (including phenoxy) is 2. The Hall–Kier alpha value is -3.46. The average molecular weight is 383 g/mol. The highest BCUT2D eigenvalue weighted by atomic mass is 32.1. The van der Waals surface area contributed by atoms with E-state index >= 15 is 0 Å². The number of esters is 1. The van der Waals surface area contributed by atoms with Gasteiger partial charge in [-0.05, 0) is 23.6 Å². The van der Waals surface area contributed by atoms with Crippen LogP contribution < -0.4 is 5.32 Å². The third-order valence-corrected chi connectivity index (χ3v) is 4.35. The summed E-state index contributed by atoms with van der Waals surface area (Å²) < 4.78 is 15.5. The van der Waals surface area contributed by atoms with Crippen molar-refractivity contribution in [3.63, 3.8) is 0 Å². The van der Waals surface area contributed by atoms with E-state index in [1.54, 1.807) is 12.1 Å². The quantitative estimate of drug-likeness (QED) is 0.512. The van der Waals surface area contributed by atoms with Crippen LogP contribution in [0.4, 0.5) is 5.69 Å². The molecule has 1 aromatic carbocycles. The van der Waals surface area contributed by atoms with E-state index in [-0.39, 0.29) is 30.6 Å². The zero-order valence-electron chi connectivity index (χ0n) is 13.9. The van der Waals surface area contributed by atoms with Crippen molar-refractivity contribution >= 4 is 28.8 Å². The van der Waals surface area contributed by atoms with Gasteiger partial charge in [0.15, 0.2) is 18.8 Å². The molecule has 8 nitrogen and oxygen atoms in total. The van der Waals surface area contributed by atoms with Crippen molar-refractivity contribution in [1.82, 2.24) is 10.1 Å². The smallest absolute Gasteiger partial charge is 0.347 e. The van der Waals surface area contributed by atoms with Crippen molar-refractivity contribution in [3.8, 4) is 11.4 Å². The van der Waals surface area contributed by atoms with Gasteiger partial charge in [0.05, 0.1) is 0 Å². The Kier molecular flexibility index (Phi) is 4.67. The Labute approximate surface area is 157 Å². The minimum Gasteiger partial charge on any atom is -0.470 e. The lowest BCUT2D eigenvalue weighted by Crippen LogP contribution is -2.16. The lowest BCUT2D eigenvalue weighted by molar-refractivity contribution is -0.142. The zero-order chi connectivity index (χ0) is 18.6. The maximum absolute atomic E-state index is 12.4. The molecule has 0 amide bonds. The van der Waals surface area contributed by atoms with Crippen molar-refractivity contribution in [3.05, 3.63) is 64.5 Å². The van der Waals surface area contributed by atoms with E-state index in [0.29, 0.717) is 11.5 Å². The summed E-state index contributed by atoms with van der Waals surface area (Å²) in [5.41, 5.74) is 1.33. The molecule has 136 valence electrons. The first-order valence-electron chi connectivity index (χ1n) is 7.95. The fraction of sp³-hybridized carbons (Fsp3) is 0.111. The fourth-order valence-corrected chi connectivity index (χ4v) is 3.02. The highest BCUT2D eigenvalue weighted by Gasteiger charge is 2.32. The highest BCUT2D eigenvalue weighted by Crippen LogP contribution is 2.22. The second-order valence-electron chi connectivity index (χ2n) is 5.51. The van der Waals surface area contributed by atoms with Crippen molar-refractivity contribution in [1.29, 1.82) is 0 Å². The number of rotatable bonds is 6. The second kappa shape index (κ2) is 7.42. The van der Waals surface area contributed by atoms with Gasteiger partial charge < -0.3 is 19.3 Å². The number of anilines is 1. The Morgan fingerprint density at radius 2 is 2.11 bits per heavy atom. The maximum atomic E-state index is 12.4. The van der Waals surface area contributed by atoms with E-state index in [0.717, 1.165) is 5.56 Å². The minimum absolute atomic E-state index is 0.0701. The summed E-state index contributed by atoms with van der Waals surface area (Å²) in [5.74, 6) is -0.655. The van der Waals surface area contributed by atoms with Crippen LogP contribution in [0.15, 0.2) is 63.1 Å².